The van der Waals surface area contributed by atoms with Crippen molar-refractivity contribution in [3.63, 3.8) is 0 Å². The van der Waals surface area contributed by atoms with E-state index >= 15 is 0 Å². The highest BCUT2D eigenvalue weighted by Crippen LogP contribution is 2.22. The van der Waals surface area contributed by atoms with Gasteiger partial charge in [0.25, 0.3) is 0 Å². The number of nitrogens with two attached hydrogens (primary N) is 1. The minimum absolute atomic E-state index is 0.102. The van der Waals surface area contributed by atoms with E-state index in [4.69, 9.17) is 5.73 Å². The van der Waals surface area contributed by atoms with Gasteiger partial charge in [-0.05, 0) is 49.5 Å². The average Bonchev–Trinajstić information content (AvgIpc) is 3.08. The molecule has 0 aromatic heterocycles. The van der Waals surface area contributed by atoms with Crippen molar-refractivity contribution in [2.24, 2.45) is 5.92 Å². The van der Waals surface area contributed by atoms with Crippen molar-refractivity contribution < 1.29 is 4.79 Å². The lowest BCUT2D eigenvalue weighted by atomic mass is 9.93. The molecule has 0 radical (unpaired) electrons. The van der Waals surface area contributed by atoms with Crippen LogP contribution < -0.4 is 11.1 Å². The fraction of sp³-hybridized carbons (Fsp3) is 0.632. The van der Waals surface area contributed by atoms with Crippen LogP contribution in [0.1, 0.15) is 45.1 Å². The highest BCUT2D eigenvalue weighted by molar-refractivity contribution is 5.78. The van der Waals surface area contributed by atoms with Crippen molar-refractivity contribution in [3.05, 3.63) is 29.8 Å². The van der Waals surface area contributed by atoms with Gasteiger partial charge in [-0.3, -0.25) is 9.69 Å². The summed E-state index contributed by atoms with van der Waals surface area (Å²) >= 11 is 0. The standard InChI is InChI=1S/C19H31N3O/c1-3-16(4-2)18(22-11-5-6-12-22)14-21-19(23)13-15-7-9-17(20)10-8-15/h7-10,16,18H,3-6,11-14,20H2,1-2H3,(H,21,23). The molecule has 1 unspecified atom stereocenters. The second-order valence-corrected chi connectivity index (χ2v) is 6.61. The lowest BCUT2D eigenvalue weighted by molar-refractivity contribution is -0.120. The summed E-state index contributed by atoms with van der Waals surface area (Å²) in [5.41, 5.74) is 7.43. The van der Waals surface area contributed by atoms with Crippen LogP contribution in [0.5, 0.6) is 0 Å². The Kier molecular flexibility index (Phi) is 6.90. The summed E-state index contributed by atoms with van der Waals surface area (Å²) in [5, 5.41) is 3.16. The van der Waals surface area contributed by atoms with E-state index in [9.17, 15) is 4.79 Å². The summed E-state index contributed by atoms with van der Waals surface area (Å²) in [4.78, 5) is 14.8. The Labute approximate surface area is 140 Å². The lowest BCUT2D eigenvalue weighted by Gasteiger charge is -2.34. The van der Waals surface area contributed by atoms with Crippen LogP contribution in [0.15, 0.2) is 24.3 Å². The molecule has 1 amide bonds. The predicted molar refractivity (Wildman–Crippen MR) is 96.2 cm³/mol. The van der Waals surface area contributed by atoms with Gasteiger partial charge in [0.1, 0.15) is 0 Å². The first-order valence-electron chi connectivity index (χ1n) is 8.99. The molecule has 0 spiro atoms. The van der Waals surface area contributed by atoms with Crippen LogP contribution >= 0.6 is 0 Å². The number of hydrogen-bond donors (Lipinski definition) is 2. The molecule has 2 rings (SSSR count). The summed E-state index contributed by atoms with van der Waals surface area (Å²) in [6, 6.07) is 8.02. The highest BCUT2D eigenvalue weighted by atomic mass is 16.1. The summed E-state index contributed by atoms with van der Waals surface area (Å²) < 4.78 is 0. The fourth-order valence-corrected chi connectivity index (χ4v) is 3.60. The van der Waals surface area contributed by atoms with Crippen LogP contribution in [0.25, 0.3) is 0 Å². The number of likely N-dealkylation sites (tertiary alicyclic amines) is 1. The summed E-state index contributed by atoms with van der Waals surface area (Å²) in [6.07, 6.45) is 5.35. The van der Waals surface area contributed by atoms with Crippen LogP contribution in [-0.4, -0.2) is 36.5 Å². The monoisotopic (exact) mass is 317 g/mol. The Bertz CT molecular complexity index is 474. The quantitative estimate of drug-likeness (QED) is 0.725. The number of nitrogen functional groups attached to an aromatic ring is 1. The van der Waals surface area contributed by atoms with Crippen LogP contribution in [0, 0.1) is 5.92 Å². The lowest BCUT2D eigenvalue weighted by Crippen LogP contribution is -2.47. The Morgan fingerprint density at radius 3 is 2.35 bits per heavy atom. The molecular weight excluding hydrogens is 286 g/mol. The summed E-state index contributed by atoms with van der Waals surface area (Å²) in [5.74, 6) is 0.759. The van der Waals surface area contributed by atoms with Gasteiger partial charge in [0.05, 0.1) is 6.42 Å². The van der Waals surface area contributed by atoms with Crippen molar-refractivity contribution in [3.8, 4) is 0 Å². The number of amides is 1. The second kappa shape index (κ2) is 8.92. The first-order chi connectivity index (χ1) is 11.1. The molecule has 1 aromatic carbocycles. The number of nitrogens with zero attached hydrogens (tertiary/aromatic N) is 1. The molecule has 1 fully saturated rings. The van der Waals surface area contributed by atoms with E-state index in [-0.39, 0.29) is 5.91 Å². The molecule has 1 aliphatic heterocycles. The van der Waals surface area contributed by atoms with E-state index in [0.717, 1.165) is 17.8 Å². The molecule has 128 valence electrons. The van der Waals surface area contributed by atoms with Gasteiger partial charge in [-0.1, -0.05) is 38.8 Å². The first-order valence-corrected chi connectivity index (χ1v) is 8.99. The maximum absolute atomic E-state index is 12.3. The van der Waals surface area contributed by atoms with Gasteiger partial charge in [-0.25, -0.2) is 0 Å². The first kappa shape index (κ1) is 17.8. The third-order valence-electron chi connectivity index (χ3n) is 5.06. The minimum Gasteiger partial charge on any atom is -0.399 e. The van der Waals surface area contributed by atoms with Gasteiger partial charge < -0.3 is 11.1 Å². The van der Waals surface area contributed by atoms with Gasteiger partial charge in [-0.15, -0.1) is 0 Å². The predicted octanol–water partition coefficient (Wildman–Crippen LogP) is 2.83. The van der Waals surface area contributed by atoms with E-state index in [1.807, 2.05) is 24.3 Å². The molecule has 23 heavy (non-hydrogen) atoms. The zero-order valence-electron chi connectivity index (χ0n) is 14.6. The van der Waals surface area contributed by atoms with E-state index in [2.05, 4.69) is 24.1 Å². The largest absolute Gasteiger partial charge is 0.399 e. The Hall–Kier alpha value is -1.55. The number of rotatable bonds is 8. The smallest absolute Gasteiger partial charge is 0.224 e. The molecule has 4 nitrogen and oxygen atoms in total. The van der Waals surface area contributed by atoms with Crippen molar-refractivity contribution in [1.29, 1.82) is 0 Å². The Morgan fingerprint density at radius 1 is 1.17 bits per heavy atom. The zero-order chi connectivity index (χ0) is 16.7. The van der Waals surface area contributed by atoms with Gasteiger partial charge >= 0.3 is 0 Å². The highest BCUT2D eigenvalue weighted by Gasteiger charge is 2.27. The van der Waals surface area contributed by atoms with Crippen molar-refractivity contribution >= 4 is 11.6 Å². The van der Waals surface area contributed by atoms with Crippen molar-refractivity contribution in [2.75, 3.05) is 25.4 Å². The number of nitrogens with one attached hydrogen (secondary N) is 1. The van der Waals surface area contributed by atoms with E-state index < -0.39 is 0 Å². The number of carbonyl (C=O) groups excluding carboxylic acids is 1. The Balaban J connectivity index is 1.88. The van der Waals surface area contributed by atoms with E-state index in [1.54, 1.807) is 0 Å². The molecule has 1 atom stereocenters. The fourth-order valence-electron chi connectivity index (χ4n) is 3.60. The van der Waals surface area contributed by atoms with Crippen LogP contribution in [0.2, 0.25) is 0 Å². The van der Waals surface area contributed by atoms with E-state index in [1.165, 1.54) is 38.8 Å². The molecule has 3 N–H and O–H groups in total. The third kappa shape index (κ3) is 5.24. The molecule has 1 heterocycles. The van der Waals surface area contributed by atoms with Crippen molar-refractivity contribution in [2.45, 2.75) is 52.0 Å². The third-order valence-corrected chi connectivity index (χ3v) is 5.06. The van der Waals surface area contributed by atoms with Crippen molar-refractivity contribution in [1.82, 2.24) is 10.2 Å². The minimum atomic E-state index is 0.102. The Morgan fingerprint density at radius 2 is 1.78 bits per heavy atom. The topological polar surface area (TPSA) is 58.4 Å². The van der Waals surface area contributed by atoms with Gasteiger partial charge in [0.15, 0.2) is 0 Å². The number of carbonyl (C=O) groups is 1. The molecular formula is C19H31N3O. The van der Waals surface area contributed by atoms with Gasteiger partial charge in [-0.2, -0.15) is 0 Å². The SMILES string of the molecule is CCC(CC)C(CNC(=O)Cc1ccc(N)cc1)N1CCCC1. The van der Waals surface area contributed by atoms with Crippen LogP contribution in [-0.2, 0) is 11.2 Å². The van der Waals surface area contributed by atoms with Gasteiger partial charge in [0, 0.05) is 18.3 Å². The van der Waals surface area contributed by atoms with Crippen LogP contribution in [0.4, 0.5) is 5.69 Å². The van der Waals surface area contributed by atoms with Crippen LogP contribution in [0.3, 0.4) is 0 Å². The summed E-state index contributed by atoms with van der Waals surface area (Å²) in [6.45, 7) is 7.63. The second-order valence-electron chi connectivity index (χ2n) is 6.61. The maximum atomic E-state index is 12.3. The van der Waals surface area contributed by atoms with E-state index in [0.29, 0.717) is 18.4 Å². The molecule has 1 aliphatic rings. The number of benzene rings is 1. The zero-order valence-corrected chi connectivity index (χ0v) is 14.6. The molecule has 0 bridgehead atoms. The number of anilines is 1. The molecule has 4 heteroatoms. The molecule has 1 aromatic rings. The normalized spacial score (nSPS) is 16.7. The summed E-state index contributed by atoms with van der Waals surface area (Å²) in [7, 11) is 0. The maximum Gasteiger partial charge on any atom is 0.224 e. The molecule has 0 aliphatic carbocycles. The van der Waals surface area contributed by atoms with Gasteiger partial charge in [0.2, 0.25) is 5.91 Å². The average molecular weight is 317 g/mol. The number of hydrogen-bond acceptors (Lipinski definition) is 3. The molecule has 0 saturated carbocycles. The molecule has 1 saturated heterocycles.